The molecule has 2 aliphatic rings. The highest BCUT2D eigenvalue weighted by molar-refractivity contribution is 6.08. The van der Waals surface area contributed by atoms with Gasteiger partial charge in [-0.1, -0.05) is 18.2 Å². The van der Waals surface area contributed by atoms with E-state index in [0.29, 0.717) is 11.8 Å². The Balaban J connectivity index is 1.86. The summed E-state index contributed by atoms with van der Waals surface area (Å²) >= 11 is 0. The Labute approximate surface area is 107 Å². The summed E-state index contributed by atoms with van der Waals surface area (Å²) in [4.78, 5) is 2.27. The minimum atomic E-state index is -0.193. The molecule has 0 spiro atoms. The number of nitrogens with one attached hydrogen (secondary N) is 1. The summed E-state index contributed by atoms with van der Waals surface area (Å²) in [5.41, 5.74) is 8.69. The first kappa shape index (κ1) is 11.7. The molecule has 4 nitrogen and oxygen atoms in total. The summed E-state index contributed by atoms with van der Waals surface area (Å²) in [6.45, 7) is 2.48. The Morgan fingerprint density at radius 1 is 1.39 bits per heavy atom. The zero-order valence-electron chi connectivity index (χ0n) is 10.4. The highest BCUT2D eigenvalue weighted by Crippen LogP contribution is 2.27. The molecule has 1 unspecified atom stereocenters. The van der Waals surface area contributed by atoms with Gasteiger partial charge in [0.05, 0.1) is 17.9 Å². The van der Waals surface area contributed by atoms with Crippen molar-refractivity contribution in [2.45, 2.75) is 25.0 Å². The van der Waals surface area contributed by atoms with Crippen molar-refractivity contribution >= 4 is 11.4 Å². The fourth-order valence-electron chi connectivity index (χ4n) is 2.81. The van der Waals surface area contributed by atoms with Crippen molar-refractivity contribution in [1.29, 1.82) is 5.41 Å². The number of hydrogen-bond donors (Lipinski definition) is 2. The molecule has 3 rings (SSSR count). The van der Waals surface area contributed by atoms with Crippen LogP contribution >= 0.6 is 0 Å². The van der Waals surface area contributed by atoms with Gasteiger partial charge in [-0.25, -0.2) is 0 Å². The predicted octanol–water partition coefficient (Wildman–Crippen LogP) is 1.38. The number of para-hydroxylation sites is 1. The molecule has 96 valence electrons. The van der Waals surface area contributed by atoms with Crippen molar-refractivity contribution in [3.8, 4) is 0 Å². The first-order chi connectivity index (χ1) is 8.75. The van der Waals surface area contributed by atoms with Crippen LogP contribution in [0.25, 0.3) is 0 Å². The van der Waals surface area contributed by atoms with E-state index < -0.39 is 0 Å². The van der Waals surface area contributed by atoms with Gasteiger partial charge in [0.2, 0.25) is 0 Å². The molecule has 1 aromatic carbocycles. The number of nitrogens with zero attached hydrogens (tertiary/aromatic N) is 1. The first-order valence-corrected chi connectivity index (χ1v) is 6.55. The number of ether oxygens (including phenoxy) is 1. The lowest BCUT2D eigenvalue weighted by Crippen LogP contribution is -2.49. The van der Waals surface area contributed by atoms with Gasteiger partial charge >= 0.3 is 0 Å². The largest absolute Gasteiger partial charge is 0.376 e. The number of fused-ring (bicyclic) bond motifs is 1. The average Bonchev–Trinajstić information content (AvgIpc) is 2.89. The first-order valence-electron chi connectivity index (χ1n) is 6.55. The molecule has 0 saturated carbocycles. The summed E-state index contributed by atoms with van der Waals surface area (Å²) in [7, 11) is 0. The van der Waals surface area contributed by atoms with Crippen LogP contribution in [-0.2, 0) is 4.74 Å². The summed E-state index contributed by atoms with van der Waals surface area (Å²) < 4.78 is 5.70. The predicted molar refractivity (Wildman–Crippen MR) is 72.4 cm³/mol. The van der Waals surface area contributed by atoms with Crippen LogP contribution in [-0.4, -0.2) is 37.6 Å². The standard InChI is InChI=1S/C14H19N3O/c15-12-9-17(8-10-4-3-7-18-10)13-6-2-1-5-11(13)14(12)16/h1-2,5-6,10,12,16H,3-4,7-9,15H2/t10-,12?/m0/s1. The highest BCUT2D eigenvalue weighted by Gasteiger charge is 2.28. The van der Waals surface area contributed by atoms with Crippen LogP contribution in [0.15, 0.2) is 24.3 Å². The molecule has 2 atom stereocenters. The van der Waals surface area contributed by atoms with Crippen LogP contribution in [0.5, 0.6) is 0 Å². The van der Waals surface area contributed by atoms with E-state index in [1.54, 1.807) is 0 Å². The zero-order chi connectivity index (χ0) is 12.5. The summed E-state index contributed by atoms with van der Waals surface area (Å²) in [5.74, 6) is 0. The molecule has 0 bridgehead atoms. The topological polar surface area (TPSA) is 62.3 Å². The van der Waals surface area contributed by atoms with Gasteiger partial charge in [0.15, 0.2) is 0 Å². The second kappa shape index (κ2) is 4.71. The second-order valence-electron chi connectivity index (χ2n) is 5.08. The van der Waals surface area contributed by atoms with E-state index in [9.17, 15) is 0 Å². The Bertz CT molecular complexity index is 454. The summed E-state index contributed by atoms with van der Waals surface area (Å²) in [6, 6.07) is 7.85. The van der Waals surface area contributed by atoms with E-state index in [1.807, 2.05) is 18.2 Å². The quantitative estimate of drug-likeness (QED) is 0.827. The van der Waals surface area contributed by atoms with E-state index in [-0.39, 0.29) is 6.04 Å². The monoisotopic (exact) mass is 245 g/mol. The zero-order valence-corrected chi connectivity index (χ0v) is 10.4. The van der Waals surface area contributed by atoms with Crippen LogP contribution in [0.4, 0.5) is 5.69 Å². The minimum Gasteiger partial charge on any atom is -0.376 e. The van der Waals surface area contributed by atoms with Crippen molar-refractivity contribution in [2.24, 2.45) is 5.73 Å². The van der Waals surface area contributed by atoms with Gasteiger partial charge in [-0.2, -0.15) is 0 Å². The van der Waals surface area contributed by atoms with Gasteiger partial charge in [-0.3, -0.25) is 0 Å². The number of hydrogen-bond acceptors (Lipinski definition) is 4. The third-order valence-electron chi connectivity index (χ3n) is 3.77. The third kappa shape index (κ3) is 2.02. The molecular weight excluding hydrogens is 226 g/mol. The molecule has 0 amide bonds. The molecule has 18 heavy (non-hydrogen) atoms. The third-order valence-corrected chi connectivity index (χ3v) is 3.77. The van der Waals surface area contributed by atoms with Gasteiger partial charge in [-0.05, 0) is 18.9 Å². The average molecular weight is 245 g/mol. The maximum atomic E-state index is 8.07. The van der Waals surface area contributed by atoms with Gasteiger partial charge in [0.1, 0.15) is 0 Å². The number of nitrogens with two attached hydrogens (primary N) is 1. The Hall–Kier alpha value is -1.39. The number of anilines is 1. The molecule has 0 aliphatic carbocycles. The fourth-order valence-corrected chi connectivity index (χ4v) is 2.81. The van der Waals surface area contributed by atoms with E-state index in [1.165, 1.54) is 0 Å². The maximum absolute atomic E-state index is 8.07. The molecule has 0 radical (unpaired) electrons. The molecule has 1 saturated heterocycles. The van der Waals surface area contributed by atoms with Crippen molar-refractivity contribution in [3.63, 3.8) is 0 Å². The molecule has 2 aliphatic heterocycles. The molecule has 1 aromatic rings. The lowest BCUT2D eigenvalue weighted by molar-refractivity contribution is 0.115. The van der Waals surface area contributed by atoms with Crippen molar-refractivity contribution in [2.75, 3.05) is 24.6 Å². The normalized spacial score (nSPS) is 27.4. The SMILES string of the molecule is N=C1c2ccccc2N(C[C@@H]2CCCO2)CC1N. The van der Waals surface area contributed by atoms with Crippen LogP contribution in [0.2, 0.25) is 0 Å². The van der Waals surface area contributed by atoms with E-state index in [0.717, 1.165) is 43.8 Å². The molecule has 2 heterocycles. The van der Waals surface area contributed by atoms with Crippen LogP contribution in [0, 0.1) is 5.41 Å². The lowest BCUT2D eigenvalue weighted by Gasteiger charge is -2.36. The van der Waals surface area contributed by atoms with Gasteiger partial charge in [0.25, 0.3) is 0 Å². The minimum absolute atomic E-state index is 0.193. The molecule has 1 fully saturated rings. The van der Waals surface area contributed by atoms with Gasteiger partial charge < -0.3 is 20.8 Å². The van der Waals surface area contributed by atoms with E-state index >= 15 is 0 Å². The molecule has 4 heteroatoms. The number of benzene rings is 1. The van der Waals surface area contributed by atoms with Crippen LogP contribution in [0.1, 0.15) is 18.4 Å². The Kier molecular flexibility index (Phi) is 3.06. The second-order valence-corrected chi connectivity index (χ2v) is 5.08. The molecule has 0 aromatic heterocycles. The maximum Gasteiger partial charge on any atom is 0.0750 e. The van der Waals surface area contributed by atoms with Crippen LogP contribution < -0.4 is 10.6 Å². The smallest absolute Gasteiger partial charge is 0.0750 e. The number of rotatable bonds is 2. The van der Waals surface area contributed by atoms with E-state index in [2.05, 4.69) is 11.0 Å². The van der Waals surface area contributed by atoms with Gasteiger partial charge in [-0.15, -0.1) is 0 Å². The fraction of sp³-hybridized carbons (Fsp3) is 0.500. The molecule has 3 N–H and O–H groups in total. The summed E-state index contributed by atoms with van der Waals surface area (Å²) in [6.07, 6.45) is 2.60. The van der Waals surface area contributed by atoms with E-state index in [4.69, 9.17) is 15.9 Å². The molecular formula is C14H19N3O. The highest BCUT2D eigenvalue weighted by atomic mass is 16.5. The van der Waals surface area contributed by atoms with Crippen molar-refractivity contribution in [1.82, 2.24) is 0 Å². The Morgan fingerprint density at radius 3 is 3.00 bits per heavy atom. The lowest BCUT2D eigenvalue weighted by atomic mass is 9.96. The Morgan fingerprint density at radius 2 is 2.22 bits per heavy atom. The van der Waals surface area contributed by atoms with Gasteiger partial charge in [0, 0.05) is 30.9 Å². The summed E-state index contributed by atoms with van der Waals surface area (Å²) in [5, 5.41) is 8.07. The van der Waals surface area contributed by atoms with Crippen molar-refractivity contribution in [3.05, 3.63) is 29.8 Å². The van der Waals surface area contributed by atoms with Crippen molar-refractivity contribution < 1.29 is 4.74 Å². The van der Waals surface area contributed by atoms with Crippen LogP contribution in [0.3, 0.4) is 0 Å².